The van der Waals surface area contributed by atoms with Crippen molar-refractivity contribution in [2.75, 3.05) is 0 Å². The number of unbranched alkanes of at least 4 members (excludes halogenated alkanes) is 2. The van der Waals surface area contributed by atoms with Gasteiger partial charge in [-0.2, -0.15) is 0 Å². The maximum absolute atomic E-state index is 2.21. The van der Waals surface area contributed by atoms with Crippen molar-refractivity contribution >= 4 is 0 Å². The van der Waals surface area contributed by atoms with E-state index in [1.54, 1.807) is 0 Å². The smallest absolute Gasteiger partial charge is 0.0538 e. The Hall–Kier alpha value is -0.780. The summed E-state index contributed by atoms with van der Waals surface area (Å²) in [6.45, 7) is 12.4. The first-order chi connectivity index (χ1) is 7.41. The Morgan fingerprint density at radius 1 is 0.533 bits per heavy atom. The minimum atomic E-state index is 1.34. The SMILES string of the molecule is CC.CC.CCCCC.c1ccccc1. The lowest BCUT2D eigenvalue weighted by Crippen LogP contribution is -1.59. The topological polar surface area (TPSA) is 0 Å². The second-order valence-corrected chi connectivity index (χ2v) is 2.51. The molecule has 0 aliphatic heterocycles. The molecule has 0 saturated heterocycles. The van der Waals surface area contributed by atoms with Gasteiger partial charge in [-0.25, -0.2) is 0 Å². The van der Waals surface area contributed by atoms with Crippen LogP contribution in [0.1, 0.15) is 60.8 Å². The highest BCUT2D eigenvalue weighted by Crippen LogP contribution is 1.88. The minimum Gasteiger partial charge on any atom is -0.0683 e. The van der Waals surface area contributed by atoms with Crippen molar-refractivity contribution in [3.63, 3.8) is 0 Å². The van der Waals surface area contributed by atoms with Crippen molar-refractivity contribution in [3.8, 4) is 0 Å². The van der Waals surface area contributed by atoms with Gasteiger partial charge in [0, 0.05) is 0 Å². The van der Waals surface area contributed by atoms with Crippen molar-refractivity contribution in [1.29, 1.82) is 0 Å². The third kappa shape index (κ3) is 31.9. The van der Waals surface area contributed by atoms with Crippen LogP contribution in [0, 0.1) is 0 Å². The molecule has 0 saturated carbocycles. The molecular weight excluding hydrogens is 180 g/mol. The summed E-state index contributed by atoms with van der Waals surface area (Å²) in [5.74, 6) is 0. The molecule has 0 spiro atoms. The maximum Gasteiger partial charge on any atom is -0.0538 e. The van der Waals surface area contributed by atoms with Gasteiger partial charge in [0.1, 0.15) is 0 Å². The summed E-state index contributed by atoms with van der Waals surface area (Å²) in [6, 6.07) is 12.0. The van der Waals surface area contributed by atoms with Crippen LogP contribution < -0.4 is 0 Å². The molecule has 0 nitrogen and oxygen atoms in total. The fourth-order valence-corrected chi connectivity index (χ4v) is 0.738. The lowest BCUT2D eigenvalue weighted by Gasteiger charge is -1.79. The van der Waals surface area contributed by atoms with Crippen molar-refractivity contribution in [2.45, 2.75) is 60.8 Å². The summed E-state index contributed by atoms with van der Waals surface area (Å²) in [5, 5.41) is 0. The van der Waals surface area contributed by atoms with E-state index < -0.39 is 0 Å². The molecule has 0 aliphatic rings. The third-order valence-corrected chi connectivity index (χ3v) is 1.37. The molecule has 0 fully saturated rings. The van der Waals surface area contributed by atoms with Crippen LogP contribution >= 0.6 is 0 Å². The van der Waals surface area contributed by atoms with Gasteiger partial charge in [0.25, 0.3) is 0 Å². The average molecular weight is 210 g/mol. The lowest BCUT2D eigenvalue weighted by atomic mass is 10.3. The van der Waals surface area contributed by atoms with Crippen molar-refractivity contribution < 1.29 is 0 Å². The third-order valence-electron chi connectivity index (χ3n) is 1.37. The molecule has 0 aliphatic carbocycles. The first-order valence-corrected chi connectivity index (χ1v) is 6.41. The van der Waals surface area contributed by atoms with Crippen LogP contribution in [0.15, 0.2) is 36.4 Å². The van der Waals surface area contributed by atoms with E-state index in [9.17, 15) is 0 Å². The van der Waals surface area contributed by atoms with E-state index in [0.29, 0.717) is 0 Å². The molecule has 1 aromatic carbocycles. The monoisotopic (exact) mass is 210 g/mol. The molecule has 0 radical (unpaired) electrons. The molecule has 0 amide bonds. The van der Waals surface area contributed by atoms with Crippen molar-refractivity contribution in [3.05, 3.63) is 36.4 Å². The van der Waals surface area contributed by atoms with E-state index in [0.717, 1.165) is 0 Å². The maximum atomic E-state index is 2.21. The van der Waals surface area contributed by atoms with Crippen molar-refractivity contribution in [2.24, 2.45) is 0 Å². The fourth-order valence-electron chi connectivity index (χ4n) is 0.738. The normalized spacial score (nSPS) is 6.80. The summed E-state index contributed by atoms with van der Waals surface area (Å²) in [6.07, 6.45) is 4.08. The van der Waals surface area contributed by atoms with Gasteiger partial charge in [0.15, 0.2) is 0 Å². The van der Waals surface area contributed by atoms with E-state index in [2.05, 4.69) is 13.8 Å². The van der Waals surface area contributed by atoms with Crippen LogP contribution in [0.3, 0.4) is 0 Å². The summed E-state index contributed by atoms with van der Waals surface area (Å²) in [7, 11) is 0. The molecule has 0 aromatic heterocycles. The molecule has 15 heavy (non-hydrogen) atoms. The summed E-state index contributed by atoms with van der Waals surface area (Å²) in [5.41, 5.74) is 0. The van der Waals surface area contributed by atoms with Crippen LogP contribution in [-0.2, 0) is 0 Å². The average Bonchev–Trinajstić information content (AvgIpc) is 2.38. The summed E-state index contributed by atoms with van der Waals surface area (Å²) >= 11 is 0. The number of hydrogen-bond acceptors (Lipinski definition) is 0. The van der Waals surface area contributed by atoms with Crippen molar-refractivity contribution in [1.82, 2.24) is 0 Å². The van der Waals surface area contributed by atoms with E-state index in [1.807, 2.05) is 64.1 Å². The van der Waals surface area contributed by atoms with Gasteiger partial charge in [-0.05, 0) is 0 Å². The highest BCUT2D eigenvalue weighted by Gasteiger charge is 1.68. The molecule has 0 heteroatoms. The van der Waals surface area contributed by atoms with Gasteiger partial charge in [0.05, 0.1) is 0 Å². The molecular formula is C15H30. The van der Waals surface area contributed by atoms with Crippen LogP contribution in [0.4, 0.5) is 0 Å². The first kappa shape index (κ1) is 19.7. The molecule has 0 heterocycles. The highest BCUT2D eigenvalue weighted by molar-refractivity contribution is 4.99. The second-order valence-electron chi connectivity index (χ2n) is 2.51. The minimum absolute atomic E-state index is 1.34. The Labute approximate surface area is 97.7 Å². The van der Waals surface area contributed by atoms with Crippen LogP contribution in [0.25, 0.3) is 0 Å². The predicted octanol–water partition coefficient (Wildman–Crippen LogP) is 5.94. The second kappa shape index (κ2) is 29.2. The van der Waals surface area contributed by atoms with Gasteiger partial charge in [-0.1, -0.05) is 97.2 Å². The highest BCUT2D eigenvalue weighted by atomic mass is 13.7. The van der Waals surface area contributed by atoms with Gasteiger partial charge in [-0.3, -0.25) is 0 Å². The Bertz CT molecular complexity index is 103. The molecule has 0 unspecified atom stereocenters. The van der Waals surface area contributed by atoms with Gasteiger partial charge < -0.3 is 0 Å². The first-order valence-electron chi connectivity index (χ1n) is 6.41. The molecule has 90 valence electrons. The Kier molecular flexibility index (Phi) is 38.5. The van der Waals surface area contributed by atoms with Gasteiger partial charge >= 0.3 is 0 Å². The van der Waals surface area contributed by atoms with Crippen LogP contribution in [-0.4, -0.2) is 0 Å². The Morgan fingerprint density at radius 3 is 0.800 bits per heavy atom. The van der Waals surface area contributed by atoms with E-state index in [4.69, 9.17) is 0 Å². The van der Waals surface area contributed by atoms with Crippen LogP contribution in [0.5, 0.6) is 0 Å². The zero-order valence-electron chi connectivity index (χ0n) is 11.6. The Balaban J connectivity index is -0.000000146. The van der Waals surface area contributed by atoms with E-state index in [-0.39, 0.29) is 0 Å². The van der Waals surface area contributed by atoms with Gasteiger partial charge in [0.2, 0.25) is 0 Å². The number of rotatable bonds is 2. The standard InChI is InChI=1S/C6H6.C5H12.2C2H6/c1-2-4-6-5-3-1;1-3-5-4-2;2*1-2/h1-6H;3-5H2,1-2H3;2*1-2H3. The quantitative estimate of drug-likeness (QED) is 0.567. The Morgan fingerprint density at radius 2 is 0.733 bits per heavy atom. The lowest BCUT2D eigenvalue weighted by molar-refractivity contribution is 0.772. The fraction of sp³-hybridized carbons (Fsp3) is 0.600. The molecule has 0 bridgehead atoms. The largest absolute Gasteiger partial charge is 0.0683 e. The summed E-state index contributed by atoms with van der Waals surface area (Å²) in [4.78, 5) is 0. The molecule has 1 rings (SSSR count). The van der Waals surface area contributed by atoms with Gasteiger partial charge in [-0.15, -0.1) is 0 Å². The predicted molar refractivity (Wildman–Crippen MR) is 74.3 cm³/mol. The molecule has 0 atom stereocenters. The van der Waals surface area contributed by atoms with E-state index >= 15 is 0 Å². The van der Waals surface area contributed by atoms with Crippen LogP contribution in [0.2, 0.25) is 0 Å². The number of benzene rings is 1. The zero-order chi connectivity index (χ0) is 12.4. The van der Waals surface area contributed by atoms with E-state index in [1.165, 1.54) is 19.3 Å². The molecule has 1 aromatic rings. The zero-order valence-corrected chi connectivity index (χ0v) is 11.6. The number of hydrogen-bond donors (Lipinski definition) is 0. The molecule has 0 N–H and O–H groups in total. The summed E-state index contributed by atoms with van der Waals surface area (Å²) < 4.78 is 0.